The quantitative estimate of drug-likeness (QED) is 0.737. The van der Waals surface area contributed by atoms with Crippen LogP contribution < -0.4 is 4.90 Å². The van der Waals surface area contributed by atoms with Crippen molar-refractivity contribution in [2.75, 3.05) is 11.4 Å². The van der Waals surface area contributed by atoms with Gasteiger partial charge in [-0.15, -0.1) is 11.3 Å². The van der Waals surface area contributed by atoms with E-state index in [0.29, 0.717) is 0 Å². The molecule has 0 N–H and O–H groups in total. The molecule has 0 spiro atoms. The molecule has 5 heteroatoms. The van der Waals surface area contributed by atoms with E-state index in [4.69, 9.17) is 4.98 Å². The number of fused-ring (bicyclic) bond motifs is 1. The van der Waals surface area contributed by atoms with Gasteiger partial charge in [0.1, 0.15) is 11.5 Å². The first-order valence-electron chi connectivity index (χ1n) is 7.93. The minimum absolute atomic E-state index is 0.719. The Labute approximate surface area is 139 Å². The Morgan fingerprint density at radius 3 is 3.00 bits per heavy atom. The summed E-state index contributed by atoms with van der Waals surface area (Å²) >= 11 is 1.86. The van der Waals surface area contributed by atoms with Crippen LogP contribution in [0.3, 0.4) is 0 Å². The Bertz CT molecular complexity index is 813. The summed E-state index contributed by atoms with van der Waals surface area (Å²) in [6.45, 7) is 4.07. The predicted molar refractivity (Wildman–Crippen MR) is 93.7 cm³/mol. The number of rotatable bonds is 3. The number of hydrogen-bond acceptors (Lipinski definition) is 5. The average Bonchev–Trinajstić information content (AvgIpc) is 3.09. The number of thiophene rings is 1. The second-order valence-corrected chi connectivity index (χ2v) is 6.65. The van der Waals surface area contributed by atoms with E-state index in [0.717, 1.165) is 49.0 Å². The van der Waals surface area contributed by atoms with Gasteiger partial charge in [0.2, 0.25) is 0 Å². The molecule has 0 fully saturated rings. The van der Waals surface area contributed by atoms with Gasteiger partial charge in [0.05, 0.1) is 0 Å². The fourth-order valence-electron chi connectivity index (χ4n) is 2.88. The van der Waals surface area contributed by atoms with Gasteiger partial charge in [0, 0.05) is 35.9 Å². The topological polar surface area (TPSA) is 41.9 Å². The van der Waals surface area contributed by atoms with Gasteiger partial charge in [0.25, 0.3) is 0 Å². The molecular weight excluding hydrogens is 304 g/mol. The summed E-state index contributed by atoms with van der Waals surface area (Å²) in [6, 6.07) is 10.2. The number of aryl methyl sites for hydroxylation is 1. The van der Waals surface area contributed by atoms with Crippen molar-refractivity contribution >= 4 is 17.2 Å². The van der Waals surface area contributed by atoms with E-state index in [2.05, 4.69) is 39.3 Å². The van der Waals surface area contributed by atoms with E-state index in [1.54, 1.807) is 6.20 Å². The van der Waals surface area contributed by atoms with E-state index in [-0.39, 0.29) is 0 Å². The van der Waals surface area contributed by atoms with Gasteiger partial charge in [0.15, 0.2) is 5.82 Å². The fourth-order valence-corrected chi connectivity index (χ4v) is 3.77. The highest BCUT2D eigenvalue weighted by molar-refractivity contribution is 7.10. The molecule has 4 nitrogen and oxygen atoms in total. The van der Waals surface area contributed by atoms with Crippen LogP contribution in [0.25, 0.3) is 11.5 Å². The lowest BCUT2D eigenvalue weighted by molar-refractivity contribution is 0.729. The molecule has 23 heavy (non-hydrogen) atoms. The number of nitrogens with zero attached hydrogens (tertiary/aromatic N) is 4. The molecule has 4 heterocycles. The minimum atomic E-state index is 0.719. The second kappa shape index (κ2) is 6.08. The maximum absolute atomic E-state index is 4.79. The average molecular weight is 322 g/mol. The summed E-state index contributed by atoms with van der Waals surface area (Å²) < 4.78 is 0. The monoisotopic (exact) mass is 322 g/mol. The van der Waals surface area contributed by atoms with Crippen LogP contribution in [0.5, 0.6) is 0 Å². The van der Waals surface area contributed by atoms with Gasteiger partial charge in [-0.3, -0.25) is 4.98 Å². The molecular formula is C18H18N4S. The van der Waals surface area contributed by atoms with Crippen molar-refractivity contribution in [3.63, 3.8) is 0 Å². The largest absolute Gasteiger partial charge is 0.352 e. The van der Waals surface area contributed by atoms with Crippen molar-refractivity contribution in [2.24, 2.45) is 0 Å². The van der Waals surface area contributed by atoms with E-state index in [9.17, 15) is 0 Å². The lowest BCUT2D eigenvalue weighted by Gasteiger charge is -2.28. The van der Waals surface area contributed by atoms with Gasteiger partial charge in [-0.2, -0.15) is 0 Å². The maximum Gasteiger partial charge on any atom is 0.180 e. The smallest absolute Gasteiger partial charge is 0.180 e. The molecule has 0 saturated heterocycles. The highest BCUT2D eigenvalue weighted by atomic mass is 32.1. The lowest BCUT2D eigenvalue weighted by atomic mass is 10.1. The standard InChI is InChI=1S/C18H18N4S/c1-2-14-11-17(21-18(20-14)15-5-3-4-8-19-15)22-9-6-16-13(12-22)7-10-23-16/h3-5,7-8,10-11H,2,6,9,12H2,1H3. The van der Waals surface area contributed by atoms with Gasteiger partial charge < -0.3 is 4.90 Å². The van der Waals surface area contributed by atoms with Gasteiger partial charge in [-0.1, -0.05) is 13.0 Å². The third-order valence-corrected chi connectivity index (χ3v) is 5.18. The first-order chi connectivity index (χ1) is 11.3. The van der Waals surface area contributed by atoms with Crippen molar-refractivity contribution in [3.05, 3.63) is 58.0 Å². The van der Waals surface area contributed by atoms with Crippen molar-refractivity contribution in [3.8, 4) is 11.5 Å². The molecule has 116 valence electrons. The Kier molecular flexibility index (Phi) is 3.79. The van der Waals surface area contributed by atoms with Gasteiger partial charge in [-0.25, -0.2) is 9.97 Å². The molecule has 0 atom stereocenters. The molecule has 0 amide bonds. The predicted octanol–water partition coefficient (Wildman–Crippen LogP) is 3.73. The first-order valence-corrected chi connectivity index (χ1v) is 8.81. The van der Waals surface area contributed by atoms with Crippen LogP contribution >= 0.6 is 11.3 Å². The molecule has 4 rings (SSSR count). The Morgan fingerprint density at radius 2 is 2.17 bits per heavy atom. The third kappa shape index (κ3) is 2.84. The lowest BCUT2D eigenvalue weighted by Crippen LogP contribution is -2.30. The molecule has 3 aromatic rings. The highest BCUT2D eigenvalue weighted by Crippen LogP contribution is 2.28. The molecule has 0 unspecified atom stereocenters. The van der Waals surface area contributed by atoms with E-state index < -0.39 is 0 Å². The van der Waals surface area contributed by atoms with Gasteiger partial charge >= 0.3 is 0 Å². The van der Waals surface area contributed by atoms with Crippen LogP contribution in [0.2, 0.25) is 0 Å². The van der Waals surface area contributed by atoms with Crippen LogP contribution in [0.1, 0.15) is 23.1 Å². The maximum atomic E-state index is 4.79. The summed E-state index contributed by atoms with van der Waals surface area (Å²) in [5.74, 6) is 1.73. The first kappa shape index (κ1) is 14.3. The molecule has 0 radical (unpaired) electrons. The minimum Gasteiger partial charge on any atom is -0.352 e. The van der Waals surface area contributed by atoms with Crippen LogP contribution in [-0.2, 0) is 19.4 Å². The van der Waals surface area contributed by atoms with Crippen molar-refractivity contribution < 1.29 is 0 Å². The number of aromatic nitrogens is 3. The van der Waals surface area contributed by atoms with Gasteiger partial charge in [-0.05, 0) is 42.0 Å². The number of pyridine rings is 1. The second-order valence-electron chi connectivity index (χ2n) is 5.65. The normalized spacial score (nSPS) is 13.9. The van der Waals surface area contributed by atoms with E-state index in [1.807, 2.05) is 29.5 Å². The zero-order valence-electron chi connectivity index (χ0n) is 13.1. The summed E-state index contributed by atoms with van der Waals surface area (Å²) in [4.78, 5) is 17.7. The van der Waals surface area contributed by atoms with Crippen LogP contribution in [0.4, 0.5) is 5.82 Å². The Morgan fingerprint density at radius 1 is 1.22 bits per heavy atom. The van der Waals surface area contributed by atoms with E-state index in [1.165, 1.54) is 10.4 Å². The molecule has 0 aromatic carbocycles. The number of hydrogen-bond donors (Lipinski definition) is 0. The summed E-state index contributed by atoms with van der Waals surface area (Å²) in [5, 5.41) is 2.19. The van der Waals surface area contributed by atoms with Crippen LogP contribution in [0, 0.1) is 0 Å². The zero-order chi connectivity index (χ0) is 15.6. The van der Waals surface area contributed by atoms with E-state index >= 15 is 0 Å². The van der Waals surface area contributed by atoms with Crippen molar-refractivity contribution in [1.29, 1.82) is 0 Å². The third-order valence-electron chi connectivity index (χ3n) is 4.15. The molecule has 0 bridgehead atoms. The van der Waals surface area contributed by atoms with Crippen LogP contribution in [-0.4, -0.2) is 21.5 Å². The summed E-state index contributed by atoms with van der Waals surface area (Å²) in [5.41, 5.74) is 3.32. The molecule has 1 aliphatic rings. The van der Waals surface area contributed by atoms with Crippen molar-refractivity contribution in [2.45, 2.75) is 26.3 Å². The summed E-state index contributed by atoms with van der Waals surface area (Å²) in [7, 11) is 0. The fraction of sp³-hybridized carbons (Fsp3) is 0.278. The van der Waals surface area contributed by atoms with Crippen molar-refractivity contribution in [1.82, 2.24) is 15.0 Å². The summed E-state index contributed by atoms with van der Waals surface area (Å²) in [6.07, 6.45) is 3.78. The Hall–Kier alpha value is -2.27. The zero-order valence-corrected chi connectivity index (χ0v) is 13.9. The Balaban J connectivity index is 1.71. The van der Waals surface area contributed by atoms with Crippen LogP contribution in [0.15, 0.2) is 41.9 Å². The number of anilines is 1. The highest BCUT2D eigenvalue weighted by Gasteiger charge is 2.20. The molecule has 0 saturated carbocycles. The molecule has 3 aromatic heterocycles. The molecule has 1 aliphatic heterocycles. The SMILES string of the molecule is CCc1cc(N2CCc3sccc3C2)nc(-c2ccccn2)n1. The molecule has 0 aliphatic carbocycles.